The average molecular weight is 561 g/mol. The van der Waals surface area contributed by atoms with E-state index in [0.29, 0.717) is 0 Å². The lowest BCUT2D eigenvalue weighted by Gasteiger charge is -2.34. The molecule has 0 fully saturated rings. The van der Waals surface area contributed by atoms with Gasteiger partial charge in [-0.1, -0.05) is 115 Å². The first kappa shape index (κ1) is 36.1. The molecule has 3 heteroatoms. The third-order valence-electron chi connectivity index (χ3n) is 8.62. The van der Waals surface area contributed by atoms with Crippen LogP contribution in [0.4, 0.5) is 0 Å². The van der Waals surface area contributed by atoms with Crippen LogP contribution in [-0.2, 0) is 16.6 Å². The van der Waals surface area contributed by atoms with Gasteiger partial charge in [-0.2, -0.15) is 0 Å². The summed E-state index contributed by atoms with van der Waals surface area (Å²) in [5.41, 5.74) is 8.68. The Morgan fingerprint density at radius 2 is 1.46 bits per heavy atom. The fourth-order valence-corrected chi connectivity index (χ4v) is 5.90. The molecule has 0 aromatic heterocycles. The zero-order valence-corrected chi connectivity index (χ0v) is 27.4. The van der Waals surface area contributed by atoms with Gasteiger partial charge < -0.3 is 10.2 Å². The van der Waals surface area contributed by atoms with E-state index in [1.54, 1.807) is 0 Å². The first-order chi connectivity index (χ1) is 19.5. The summed E-state index contributed by atoms with van der Waals surface area (Å²) in [6.45, 7) is 22.9. The first-order valence-corrected chi connectivity index (χ1v) is 15.6. The molecule has 0 amide bonds. The summed E-state index contributed by atoms with van der Waals surface area (Å²) in [6, 6.07) is 13.7. The van der Waals surface area contributed by atoms with Crippen LogP contribution in [0.2, 0.25) is 0 Å². The Hall–Kier alpha value is -2.91. The number of aryl methyl sites for hydroxylation is 3. The van der Waals surface area contributed by atoms with Gasteiger partial charge in [-0.3, -0.25) is 4.79 Å². The van der Waals surface area contributed by atoms with Crippen LogP contribution in [0, 0.1) is 13.8 Å². The maximum Gasteiger partial charge on any atom is 0.307 e. The molecule has 0 aliphatic carbocycles. The summed E-state index contributed by atoms with van der Waals surface area (Å²) in [4.78, 5) is 11.0. The quantitative estimate of drug-likeness (QED) is 0.213. The standard InChI is InChI=1S/C36H50O3.C2H6/c1-9-21-35(39,11-3)22-20-30-16-17-31(24-27(30)7)36(12-4,13-5)32-18-19-33(28(8)25-32)29(10-2)15-14-26(6)23-34(37)38;1-2/h10,14-19,24-25,39H,2,9,11-13,20-23H2,1,3-8H3,(H,37,38);1-2H3/b26-14+,29-15+;. The van der Waals surface area contributed by atoms with Gasteiger partial charge in [0.25, 0.3) is 0 Å². The van der Waals surface area contributed by atoms with E-state index < -0.39 is 11.6 Å². The van der Waals surface area contributed by atoms with Crippen molar-refractivity contribution in [3.63, 3.8) is 0 Å². The molecule has 41 heavy (non-hydrogen) atoms. The van der Waals surface area contributed by atoms with Crippen molar-refractivity contribution >= 4 is 11.5 Å². The number of hydrogen-bond donors (Lipinski definition) is 2. The van der Waals surface area contributed by atoms with Gasteiger partial charge in [0.15, 0.2) is 0 Å². The number of aliphatic hydroxyl groups is 1. The van der Waals surface area contributed by atoms with Gasteiger partial charge in [0, 0.05) is 5.41 Å². The molecule has 3 nitrogen and oxygen atoms in total. The Morgan fingerprint density at radius 1 is 0.878 bits per heavy atom. The van der Waals surface area contributed by atoms with Gasteiger partial charge >= 0.3 is 5.97 Å². The van der Waals surface area contributed by atoms with Crippen LogP contribution < -0.4 is 0 Å². The van der Waals surface area contributed by atoms with Crippen LogP contribution in [0.5, 0.6) is 0 Å². The highest BCUT2D eigenvalue weighted by Gasteiger charge is 2.31. The summed E-state index contributed by atoms with van der Waals surface area (Å²) in [7, 11) is 0. The lowest BCUT2D eigenvalue weighted by atomic mass is 9.69. The zero-order valence-electron chi connectivity index (χ0n) is 27.4. The molecule has 0 heterocycles. The number of carboxylic acids is 1. The molecule has 2 N–H and O–H groups in total. The Bertz CT molecular complexity index is 1200. The van der Waals surface area contributed by atoms with E-state index in [4.69, 9.17) is 5.11 Å². The molecule has 2 aromatic rings. The first-order valence-electron chi connectivity index (χ1n) is 15.6. The lowest BCUT2D eigenvalue weighted by Crippen LogP contribution is -2.28. The topological polar surface area (TPSA) is 57.5 Å². The molecule has 0 radical (unpaired) electrons. The van der Waals surface area contributed by atoms with Crippen molar-refractivity contribution < 1.29 is 15.0 Å². The smallest absolute Gasteiger partial charge is 0.307 e. The number of rotatable bonds is 15. The molecule has 2 aromatic carbocycles. The van der Waals surface area contributed by atoms with Crippen molar-refractivity contribution in [1.29, 1.82) is 0 Å². The van der Waals surface area contributed by atoms with E-state index >= 15 is 0 Å². The molecule has 0 saturated heterocycles. The highest BCUT2D eigenvalue weighted by atomic mass is 16.4. The van der Waals surface area contributed by atoms with E-state index in [1.165, 1.54) is 27.8 Å². The van der Waals surface area contributed by atoms with Gasteiger partial charge in [-0.15, -0.1) is 0 Å². The van der Waals surface area contributed by atoms with E-state index in [-0.39, 0.29) is 11.8 Å². The normalized spacial score (nSPS) is 13.7. The maximum atomic E-state index is 11.0. The monoisotopic (exact) mass is 560 g/mol. The number of allylic oxidation sites excluding steroid dienone is 4. The van der Waals surface area contributed by atoms with E-state index in [0.717, 1.165) is 61.7 Å². The van der Waals surface area contributed by atoms with Crippen molar-refractivity contribution in [2.75, 3.05) is 0 Å². The maximum absolute atomic E-state index is 11.0. The van der Waals surface area contributed by atoms with Crippen molar-refractivity contribution in [2.24, 2.45) is 0 Å². The van der Waals surface area contributed by atoms with Crippen LogP contribution >= 0.6 is 0 Å². The molecule has 0 bridgehead atoms. The van der Waals surface area contributed by atoms with Gasteiger partial charge in [0.05, 0.1) is 12.0 Å². The number of hydrogen-bond acceptors (Lipinski definition) is 2. The summed E-state index contributed by atoms with van der Waals surface area (Å²) in [5.74, 6) is -0.824. The van der Waals surface area contributed by atoms with Crippen molar-refractivity contribution in [1.82, 2.24) is 0 Å². The highest BCUT2D eigenvalue weighted by Crippen LogP contribution is 2.41. The minimum absolute atomic E-state index is 0.0325. The Labute approximate surface area is 251 Å². The molecule has 0 aliphatic rings. The van der Waals surface area contributed by atoms with Crippen LogP contribution in [-0.4, -0.2) is 21.8 Å². The molecule has 0 spiro atoms. The molecule has 0 aliphatic heterocycles. The predicted octanol–water partition coefficient (Wildman–Crippen LogP) is 10.3. The Morgan fingerprint density at radius 3 is 1.93 bits per heavy atom. The van der Waals surface area contributed by atoms with Gasteiger partial charge in [0.2, 0.25) is 0 Å². The molecule has 226 valence electrons. The number of benzene rings is 2. The molecule has 0 saturated carbocycles. The largest absolute Gasteiger partial charge is 0.481 e. The Balaban J connectivity index is 0.00000411. The average Bonchev–Trinajstić information content (AvgIpc) is 2.95. The van der Waals surface area contributed by atoms with Crippen molar-refractivity contribution in [2.45, 2.75) is 125 Å². The molecular formula is C38H56O3. The second-order valence-electron chi connectivity index (χ2n) is 11.2. The summed E-state index contributed by atoms with van der Waals surface area (Å²) in [5, 5.41) is 20.0. The fourth-order valence-electron chi connectivity index (χ4n) is 5.90. The predicted molar refractivity (Wildman–Crippen MR) is 178 cm³/mol. The summed E-state index contributed by atoms with van der Waals surface area (Å²) >= 11 is 0. The highest BCUT2D eigenvalue weighted by molar-refractivity contribution is 5.77. The van der Waals surface area contributed by atoms with E-state index in [2.05, 4.69) is 84.5 Å². The third kappa shape index (κ3) is 9.57. The third-order valence-corrected chi connectivity index (χ3v) is 8.62. The van der Waals surface area contributed by atoms with Crippen LogP contribution in [0.25, 0.3) is 5.57 Å². The van der Waals surface area contributed by atoms with Crippen LogP contribution in [0.1, 0.15) is 127 Å². The van der Waals surface area contributed by atoms with Gasteiger partial charge in [0.1, 0.15) is 0 Å². The second kappa shape index (κ2) is 17.1. The lowest BCUT2D eigenvalue weighted by molar-refractivity contribution is -0.136. The van der Waals surface area contributed by atoms with Crippen molar-refractivity contribution in [3.8, 4) is 0 Å². The van der Waals surface area contributed by atoms with E-state index in [9.17, 15) is 9.90 Å². The number of aliphatic carboxylic acids is 1. The van der Waals surface area contributed by atoms with Crippen LogP contribution in [0.15, 0.2) is 66.8 Å². The SMILES string of the molecule is C=C/C(=C\C=C(/C)CC(=O)O)c1ccc(C(CC)(CC)c2ccc(CCC(O)(CC)CCC)c(C)c2)cc1C.CC. The molecule has 1 atom stereocenters. The van der Waals surface area contributed by atoms with Gasteiger partial charge in [-0.05, 0) is 98.2 Å². The van der Waals surface area contributed by atoms with Crippen molar-refractivity contribution in [3.05, 3.63) is 100 Å². The fraction of sp³-hybridized carbons (Fsp3) is 0.500. The summed E-state index contributed by atoms with van der Waals surface area (Å²) < 4.78 is 0. The minimum Gasteiger partial charge on any atom is -0.481 e. The van der Waals surface area contributed by atoms with Crippen LogP contribution in [0.3, 0.4) is 0 Å². The number of carbonyl (C=O) groups is 1. The zero-order chi connectivity index (χ0) is 31.2. The minimum atomic E-state index is -0.824. The molecule has 1 unspecified atom stereocenters. The van der Waals surface area contributed by atoms with Gasteiger partial charge in [-0.25, -0.2) is 0 Å². The van der Waals surface area contributed by atoms with E-state index in [1.807, 2.05) is 39.0 Å². The molecular weight excluding hydrogens is 504 g/mol. The molecule has 2 rings (SSSR count). The summed E-state index contributed by atoms with van der Waals surface area (Å²) in [6.07, 6.45) is 12.0. The number of carboxylic acid groups (broad SMARTS) is 1. The second-order valence-corrected chi connectivity index (χ2v) is 11.2. The Kier molecular flexibility index (Phi) is 15.1.